The van der Waals surface area contributed by atoms with Gasteiger partial charge in [-0.1, -0.05) is 12.1 Å². The van der Waals surface area contributed by atoms with Gasteiger partial charge in [-0.2, -0.15) is 13.2 Å². The maximum atomic E-state index is 12.6. The van der Waals surface area contributed by atoms with E-state index in [1.807, 2.05) is 0 Å². The van der Waals surface area contributed by atoms with Crippen LogP contribution in [0.4, 0.5) is 13.2 Å². The number of hydrogen-bond donors (Lipinski definition) is 1. The van der Waals surface area contributed by atoms with Gasteiger partial charge in [-0.25, -0.2) is 4.98 Å². The molecule has 9 heteroatoms. The number of thiazole rings is 1. The predicted octanol–water partition coefficient (Wildman–Crippen LogP) is 3.82. The van der Waals surface area contributed by atoms with Gasteiger partial charge in [0.1, 0.15) is 9.88 Å². The Hall–Kier alpha value is -2.42. The quantitative estimate of drug-likeness (QED) is 0.794. The van der Waals surface area contributed by atoms with Crippen LogP contribution in [-0.2, 0) is 15.7 Å². The summed E-state index contributed by atoms with van der Waals surface area (Å²) in [6.07, 6.45) is -4.37. The first-order valence-corrected chi connectivity index (χ1v) is 8.46. The number of ether oxygens (including phenoxy) is 1. The van der Waals surface area contributed by atoms with Crippen LogP contribution >= 0.6 is 11.3 Å². The van der Waals surface area contributed by atoms with Crippen LogP contribution < -0.4 is 5.32 Å². The number of carbonyl (C=O) groups is 2. The molecule has 0 saturated carbocycles. The summed E-state index contributed by atoms with van der Waals surface area (Å²) in [5, 5.41) is 3.12. The van der Waals surface area contributed by atoms with Gasteiger partial charge in [0.2, 0.25) is 0 Å². The molecule has 1 aromatic carbocycles. The lowest BCUT2D eigenvalue weighted by atomic mass is 10.1. The van der Waals surface area contributed by atoms with E-state index < -0.39 is 29.7 Å². The van der Waals surface area contributed by atoms with Gasteiger partial charge in [-0.15, -0.1) is 11.3 Å². The van der Waals surface area contributed by atoms with Gasteiger partial charge in [-0.3, -0.25) is 9.59 Å². The number of rotatable bonds is 5. The highest BCUT2D eigenvalue weighted by Crippen LogP contribution is 2.33. The van der Waals surface area contributed by atoms with Gasteiger partial charge in [0.25, 0.3) is 5.91 Å². The molecule has 26 heavy (non-hydrogen) atoms. The van der Waals surface area contributed by atoms with Crippen molar-refractivity contribution in [2.45, 2.75) is 32.5 Å². The van der Waals surface area contributed by atoms with E-state index in [-0.39, 0.29) is 6.42 Å². The lowest BCUT2D eigenvalue weighted by Gasteiger charge is -2.11. The summed E-state index contributed by atoms with van der Waals surface area (Å²) < 4.78 is 42.5. The van der Waals surface area contributed by atoms with Gasteiger partial charge < -0.3 is 10.1 Å². The van der Waals surface area contributed by atoms with Crippen LogP contribution in [-0.4, -0.2) is 30.0 Å². The molecule has 0 saturated heterocycles. The molecular formula is C17H17F3N2O3S. The number of nitrogens with zero attached hydrogens (tertiary/aromatic N) is 1. The molecule has 0 spiro atoms. The number of benzene rings is 1. The second kappa shape index (κ2) is 7.86. The molecule has 0 fully saturated rings. The topological polar surface area (TPSA) is 68.3 Å². The highest BCUT2D eigenvalue weighted by Gasteiger charge is 2.30. The maximum absolute atomic E-state index is 12.6. The fraction of sp³-hybridized carbons (Fsp3) is 0.353. The van der Waals surface area contributed by atoms with Crippen LogP contribution in [0, 0.1) is 6.92 Å². The number of nitrogens with one attached hydrogen (secondary N) is 1. The van der Waals surface area contributed by atoms with Crippen LogP contribution in [0.15, 0.2) is 24.3 Å². The number of hydrogen-bond acceptors (Lipinski definition) is 5. The Bertz CT molecular complexity index is 801. The van der Waals surface area contributed by atoms with Crippen molar-refractivity contribution in [1.29, 1.82) is 0 Å². The SMILES string of the molecule is COC(=O)CC(C)NC(=O)c1sc(-c2ccc(C(F)(F)F)cc2)nc1C. The maximum Gasteiger partial charge on any atom is 0.416 e. The summed E-state index contributed by atoms with van der Waals surface area (Å²) in [4.78, 5) is 28.2. The van der Waals surface area contributed by atoms with E-state index in [2.05, 4.69) is 15.0 Å². The van der Waals surface area contributed by atoms with Crippen LogP contribution in [0.3, 0.4) is 0 Å². The first kappa shape index (κ1) is 19.9. The number of methoxy groups -OCH3 is 1. The van der Waals surface area contributed by atoms with Crippen LogP contribution in [0.2, 0.25) is 0 Å². The van der Waals surface area contributed by atoms with E-state index in [0.29, 0.717) is 21.1 Å². The molecule has 1 amide bonds. The van der Waals surface area contributed by atoms with Crippen molar-refractivity contribution < 1.29 is 27.5 Å². The summed E-state index contributed by atoms with van der Waals surface area (Å²) >= 11 is 1.08. The molecule has 1 heterocycles. The lowest BCUT2D eigenvalue weighted by molar-refractivity contribution is -0.141. The van der Waals surface area contributed by atoms with Gasteiger partial charge in [0.15, 0.2) is 0 Å². The highest BCUT2D eigenvalue weighted by atomic mass is 32.1. The lowest BCUT2D eigenvalue weighted by Crippen LogP contribution is -2.34. The molecule has 0 aliphatic carbocycles. The van der Waals surface area contributed by atoms with E-state index in [0.717, 1.165) is 23.5 Å². The molecule has 1 aromatic heterocycles. The minimum Gasteiger partial charge on any atom is -0.469 e. The highest BCUT2D eigenvalue weighted by molar-refractivity contribution is 7.17. The Morgan fingerprint density at radius 3 is 2.42 bits per heavy atom. The third kappa shape index (κ3) is 4.81. The van der Waals surface area contributed by atoms with E-state index in [9.17, 15) is 22.8 Å². The third-order valence-electron chi connectivity index (χ3n) is 3.54. The number of amides is 1. The normalized spacial score (nSPS) is 12.5. The average molecular weight is 386 g/mol. The number of aryl methyl sites for hydroxylation is 1. The van der Waals surface area contributed by atoms with Gasteiger partial charge >= 0.3 is 12.1 Å². The molecular weight excluding hydrogens is 369 g/mol. The summed E-state index contributed by atoms with van der Waals surface area (Å²) in [6.45, 7) is 3.31. The van der Waals surface area contributed by atoms with Gasteiger partial charge in [0, 0.05) is 11.6 Å². The number of halogens is 3. The number of esters is 1. The van der Waals surface area contributed by atoms with Crippen molar-refractivity contribution in [2.24, 2.45) is 0 Å². The first-order valence-electron chi connectivity index (χ1n) is 7.64. The Morgan fingerprint density at radius 2 is 1.88 bits per heavy atom. The first-order chi connectivity index (χ1) is 12.1. The number of alkyl halides is 3. The summed E-state index contributed by atoms with van der Waals surface area (Å²) in [5.41, 5.74) is 0.213. The minimum atomic E-state index is -4.40. The summed E-state index contributed by atoms with van der Waals surface area (Å²) in [5.74, 6) is -0.834. The smallest absolute Gasteiger partial charge is 0.416 e. The van der Waals surface area contributed by atoms with Crippen LogP contribution in [0.5, 0.6) is 0 Å². The Kier molecular flexibility index (Phi) is 6.01. The molecule has 1 unspecified atom stereocenters. The Labute approximate surface area is 152 Å². The second-order valence-corrected chi connectivity index (χ2v) is 6.66. The molecule has 5 nitrogen and oxygen atoms in total. The molecule has 0 aliphatic rings. The number of carbonyl (C=O) groups excluding carboxylic acids is 2. The van der Waals surface area contributed by atoms with E-state index in [1.165, 1.54) is 19.2 Å². The zero-order valence-electron chi connectivity index (χ0n) is 14.3. The molecule has 1 atom stereocenters. The Morgan fingerprint density at radius 1 is 1.27 bits per heavy atom. The fourth-order valence-corrected chi connectivity index (χ4v) is 3.18. The molecule has 2 aromatic rings. The molecule has 0 radical (unpaired) electrons. The zero-order chi connectivity index (χ0) is 19.5. The van der Waals surface area contributed by atoms with E-state index in [4.69, 9.17) is 0 Å². The van der Waals surface area contributed by atoms with Crippen LogP contribution in [0.25, 0.3) is 10.6 Å². The van der Waals surface area contributed by atoms with Crippen molar-refractivity contribution >= 4 is 23.2 Å². The largest absolute Gasteiger partial charge is 0.469 e. The third-order valence-corrected chi connectivity index (χ3v) is 4.75. The van der Waals surface area contributed by atoms with Crippen LogP contribution in [0.1, 0.15) is 34.3 Å². The van der Waals surface area contributed by atoms with Crippen molar-refractivity contribution in [3.8, 4) is 10.6 Å². The van der Waals surface area contributed by atoms with Crippen molar-refractivity contribution in [3.63, 3.8) is 0 Å². The molecule has 140 valence electrons. The minimum absolute atomic E-state index is 0.0336. The van der Waals surface area contributed by atoms with Crippen molar-refractivity contribution in [2.75, 3.05) is 7.11 Å². The van der Waals surface area contributed by atoms with Gasteiger partial charge in [0.05, 0.1) is 24.8 Å². The van der Waals surface area contributed by atoms with Crippen molar-refractivity contribution in [1.82, 2.24) is 10.3 Å². The zero-order valence-corrected chi connectivity index (χ0v) is 15.1. The number of aromatic nitrogens is 1. The Balaban J connectivity index is 2.15. The van der Waals surface area contributed by atoms with E-state index in [1.54, 1.807) is 13.8 Å². The molecule has 1 N–H and O–H groups in total. The summed E-state index contributed by atoms with van der Waals surface area (Å²) in [6, 6.07) is 4.17. The second-order valence-electron chi connectivity index (χ2n) is 5.66. The fourth-order valence-electron chi connectivity index (χ4n) is 2.21. The van der Waals surface area contributed by atoms with Gasteiger partial charge in [-0.05, 0) is 26.0 Å². The monoisotopic (exact) mass is 386 g/mol. The van der Waals surface area contributed by atoms with Crippen molar-refractivity contribution in [3.05, 3.63) is 40.4 Å². The van der Waals surface area contributed by atoms with E-state index >= 15 is 0 Å². The molecule has 0 aliphatic heterocycles. The standard InChI is InChI=1S/C17H17F3N2O3S/c1-9(8-13(23)25-3)21-15(24)14-10(2)22-16(26-14)11-4-6-12(7-5-11)17(18,19)20/h4-7,9H,8H2,1-3H3,(H,21,24). The molecule has 2 rings (SSSR count). The average Bonchev–Trinajstić information content (AvgIpc) is 2.95. The summed E-state index contributed by atoms with van der Waals surface area (Å²) in [7, 11) is 1.26. The predicted molar refractivity (Wildman–Crippen MR) is 90.9 cm³/mol. The molecule has 0 bridgehead atoms.